The third-order valence-corrected chi connectivity index (χ3v) is 7.86. The van der Waals surface area contributed by atoms with Crippen LogP contribution in [0.5, 0.6) is 0 Å². The Morgan fingerprint density at radius 2 is 1.81 bits per heavy atom. The summed E-state index contributed by atoms with van der Waals surface area (Å²) in [7, 11) is 0. The molecule has 2 aliphatic heterocycles. The molecule has 2 fully saturated rings. The Hall–Kier alpha value is -3.06. The van der Waals surface area contributed by atoms with Gasteiger partial charge in [-0.3, -0.25) is 19.5 Å². The second kappa shape index (κ2) is 10.1. The van der Waals surface area contributed by atoms with Gasteiger partial charge in [0, 0.05) is 18.2 Å². The molecule has 190 valence electrons. The van der Waals surface area contributed by atoms with Gasteiger partial charge in [-0.15, -0.1) is 0 Å². The first-order chi connectivity index (χ1) is 17.3. The third kappa shape index (κ3) is 5.21. The molecule has 2 heterocycles. The number of halogens is 1. The molecular weight excluding hydrogens is 455 g/mol. The molecular formula is C29H35FN4O2. The van der Waals surface area contributed by atoms with Crippen molar-refractivity contribution in [2.24, 2.45) is 10.9 Å². The zero-order chi connectivity index (χ0) is 25.3. The van der Waals surface area contributed by atoms with Crippen LogP contribution in [0.15, 0.2) is 53.5 Å². The summed E-state index contributed by atoms with van der Waals surface area (Å²) in [5.41, 5.74) is 1.95. The molecule has 2 aromatic carbocycles. The number of piperidine rings is 1. The highest BCUT2D eigenvalue weighted by Gasteiger charge is 2.44. The number of nitrogens with one attached hydrogen (secondary N) is 1. The normalized spacial score (nSPS) is 23.1. The molecule has 1 saturated heterocycles. The summed E-state index contributed by atoms with van der Waals surface area (Å²) in [6.45, 7) is 7.31. The van der Waals surface area contributed by atoms with Crippen molar-refractivity contribution in [1.29, 1.82) is 0 Å². The first-order valence-electron chi connectivity index (χ1n) is 13.1. The maximum absolute atomic E-state index is 13.4. The van der Waals surface area contributed by atoms with Crippen molar-refractivity contribution in [3.05, 3.63) is 65.5 Å². The number of nitrogens with zero attached hydrogens (tertiary/aromatic N) is 3. The van der Waals surface area contributed by atoms with E-state index >= 15 is 0 Å². The summed E-state index contributed by atoms with van der Waals surface area (Å²) in [6.07, 6.45) is 5.08. The lowest BCUT2D eigenvalue weighted by atomic mass is 9.89. The summed E-state index contributed by atoms with van der Waals surface area (Å²) in [4.78, 5) is 34.2. The second-order valence-corrected chi connectivity index (χ2v) is 10.6. The predicted molar refractivity (Wildman–Crippen MR) is 139 cm³/mol. The van der Waals surface area contributed by atoms with E-state index in [4.69, 9.17) is 0 Å². The van der Waals surface area contributed by atoms with Crippen molar-refractivity contribution < 1.29 is 14.0 Å². The summed E-state index contributed by atoms with van der Waals surface area (Å²) in [5, 5.41) is 3.06. The van der Waals surface area contributed by atoms with Crippen LogP contribution in [0.25, 0.3) is 0 Å². The molecule has 3 aliphatic rings. The van der Waals surface area contributed by atoms with Gasteiger partial charge in [0.05, 0.1) is 0 Å². The molecule has 5 rings (SSSR count). The number of carbonyl (C=O) groups excluding carboxylic acids is 2. The minimum atomic E-state index is -0.983. The van der Waals surface area contributed by atoms with Crippen LogP contribution in [0.2, 0.25) is 0 Å². The SMILES string of the molecule is CC1=NC(C)(c2ccc(F)cc2)C(=O)N1CCCN1CCC(c2cccc(NC(=O)C3CC3)c2)CC1. The lowest BCUT2D eigenvalue weighted by Crippen LogP contribution is -2.41. The van der Waals surface area contributed by atoms with Crippen LogP contribution in [-0.2, 0) is 15.1 Å². The van der Waals surface area contributed by atoms with Gasteiger partial charge in [0.2, 0.25) is 5.91 Å². The lowest BCUT2D eigenvalue weighted by molar-refractivity contribution is -0.131. The Kier molecular flexibility index (Phi) is 6.93. The van der Waals surface area contributed by atoms with E-state index in [0.717, 1.165) is 63.3 Å². The molecule has 36 heavy (non-hydrogen) atoms. The highest BCUT2D eigenvalue weighted by Crippen LogP contribution is 2.34. The molecule has 0 spiro atoms. The quantitative estimate of drug-likeness (QED) is 0.571. The van der Waals surface area contributed by atoms with Gasteiger partial charge in [-0.1, -0.05) is 24.3 Å². The van der Waals surface area contributed by atoms with Crippen LogP contribution in [-0.4, -0.2) is 53.6 Å². The number of hydrogen-bond donors (Lipinski definition) is 1. The largest absolute Gasteiger partial charge is 0.326 e. The van der Waals surface area contributed by atoms with E-state index in [1.165, 1.54) is 17.7 Å². The number of benzene rings is 2. The highest BCUT2D eigenvalue weighted by atomic mass is 19.1. The fourth-order valence-electron chi connectivity index (χ4n) is 5.47. The van der Waals surface area contributed by atoms with Crippen LogP contribution < -0.4 is 5.32 Å². The van der Waals surface area contributed by atoms with Crippen LogP contribution in [0.4, 0.5) is 10.1 Å². The van der Waals surface area contributed by atoms with E-state index in [1.807, 2.05) is 26.0 Å². The Balaban J connectivity index is 1.09. The average molecular weight is 491 g/mol. The number of hydrogen-bond acceptors (Lipinski definition) is 4. The van der Waals surface area contributed by atoms with E-state index in [9.17, 15) is 14.0 Å². The Labute approximate surface area is 212 Å². The van der Waals surface area contributed by atoms with Gasteiger partial charge in [-0.25, -0.2) is 4.39 Å². The minimum Gasteiger partial charge on any atom is -0.326 e. The standard InChI is InChI=1S/C29H35FN4O2/c1-20-32-29(2,24-9-11-25(30)12-10-24)28(36)34(20)16-4-15-33-17-13-21(14-18-33)23-5-3-6-26(19-23)31-27(35)22-7-8-22/h3,5-6,9-12,19,21-22H,4,7-8,13-18H2,1-2H3,(H,31,35). The van der Waals surface area contributed by atoms with Gasteiger partial charge >= 0.3 is 0 Å². The van der Waals surface area contributed by atoms with Crippen molar-refractivity contribution in [3.8, 4) is 0 Å². The van der Waals surface area contributed by atoms with Crippen molar-refractivity contribution in [3.63, 3.8) is 0 Å². The minimum absolute atomic E-state index is 0.0426. The molecule has 7 heteroatoms. The molecule has 2 aromatic rings. The first-order valence-corrected chi connectivity index (χ1v) is 13.1. The van der Waals surface area contributed by atoms with Crippen LogP contribution in [0, 0.1) is 11.7 Å². The number of aliphatic imine (C=N–C) groups is 1. The van der Waals surface area contributed by atoms with Crippen LogP contribution >= 0.6 is 0 Å². The molecule has 0 radical (unpaired) electrons. The van der Waals surface area contributed by atoms with Crippen molar-refractivity contribution in [1.82, 2.24) is 9.80 Å². The maximum atomic E-state index is 13.4. The summed E-state index contributed by atoms with van der Waals surface area (Å²) in [5.74, 6) is 1.22. The van der Waals surface area contributed by atoms with Crippen molar-refractivity contribution >= 4 is 23.3 Å². The van der Waals surface area contributed by atoms with E-state index in [1.54, 1.807) is 17.0 Å². The summed E-state index contributed by atoms with van der Waals surface area (Å²) >= 11 is 0. The molecule has 1 aliphatic carbocycles. The zero-order valence-electron chi connectivity index (χ0n) is 21.2. The van der Waals surface area contributed by atoms with E-state index in [0.29, 0.717) is 18.0 Å². The number of amidine groups is 1. The molecule has 6 nitrogen and oxygen atoms in total. The monoisotopic (exact) mass is 490 g/mol. The zero-order valence-corrected chi connectivity index (χ0v) is 21.2. The summed E-state index contributed by atoms with van der Waals surface area (Å²) < 4.78 is 13.4. The first kappa shape index (κ1) is 24.6. The Morgan fingerprint density at radius 3 is 2.50 bits per heavy atom. The fraction of sp³-hybridized carbons (Fsp3) is 0.483. The number of likely N-dealkylation sites (tertiary alicyclic amines) is 1. The van der Waals surface area contributed by atoms with Gasteiger partial charge in [0.25, 0.3) is 5.91 Å². The average Bonchev–Trinajstić information content (AvgIpc) is 3.70. The van der Waals surface area contributed by atoms with Crippen molar-refractivity contribution in [2.45, 2.75) is 57.4 Å². The number of anilines is 1. The fourth-order valence-corrected chi connectivity index (χ4v) is 5.47. The van der Waals surface area contributed by atoms with Gasteiger partial charge in [-0.05, 0) is 107 Å². The van der Waals surface area contributed by atoms with E-state index in [2.05, 4.69) is 27.3 Å². The third-order valence-electron chi connectivity index (χ3n) is 7.86. The van der Waals surface area contributed by atoms with Gasteiger partial charge in [-0.2, -0.15) is 0 Å². The highest BCUT2D eigenvalue weighted by molar-refractivity contribution is 6.07. The smallest absolute Gasteiger partial charge is 0.260 e. The molecule has 1 N–H and O–H groups in total. The number of rotatable bonds is 8. The van der Waals surface area contributed by atoms with E-state index < -0.39 is 5.54 Å². The molecule has 2 amide bonds. The topological polar surface area (TPSA) is 65.0 Å². The van der Waals surface area contributed by atoms with Crippen LogP contribution in [0.3, 0.4) is 0 Å². The molecule has 1 atom stereocenters. The molecule has 0 bridgehead atoms. The second-order valence-electron chi connectivity index (χ2n) is 10.6. The summed E-state index contributed by atoms with van der Waals surface area (Å²) in [6, 6.07) is 14.4. The molecule has 1 saturated carbocycles. The number of carbonyl (C=O) groups is 2. The van der Waals surface area contributed by atoms with Crippen LogP contribution in [0.1, 0.15) is 63.0 Å². The lowest BCUT2D eigenvalue weighted by Gasteiger charge is -2.33. The van der Waals surface area contributed by atoms with Crippen molar-refractivity contribution in [2.75, 3.05) is 31.5 Å². The predicted octanol–water partition coefficient (Wildman–Crippen LogP) is 4.92. The Bertz CT molecular complexity index is 1150. The Morgan fingerprint density at radius 1 is 1.08 bits per heavy atom. The van der Waals surface area contributed by atoms with E-state index in [-0.39, 0.29) is 23.5 Å². The number of amides is 2. The van der Waals surface area contributed by atoms with Gasteiger partial charge in [0.15, 0.2) is 5.54 Å². The van der Waals surface area contributed by atoms with Gasteiger partial charge in [0.1, 0.15) is 11.7 Å². The maximum Gasteiger partial charge on any atom is 0.260 e. The molecule has 1 unspecified atom stereocenters. The van der Waals surface area contributed by atoms with Gasteiger partial charge < -0.3 is 10.2 Å². The molecule has 0 aromatic heterocycles.